The van der Waals surface area contributed by atoms with Gasteiger partial charge in [-0.3, -0.25) is 9.59 Å². The Balaban J connectivity index is 1.69. The predicted octanol–water partition coefficient (Wildman–Crippen LogP) is 3.78. The Hall–Kier alpha value is -0.660. The molecule has 0 amide bonds. The lowest BCUT2D eigenvalue weighted by Crippen LogP contribution is -2.48. The van der Waals surface area contributed by atoms with E-state index in [1.54, 1.807) is 0 Å². The summed E-state index contributed by atoms with van der Waals surface area (Å²) < 4.78 is 48.9. The van der Waals surface area contributed by atoms with Gasteiger partial charge in [-0.1, -0.05) is 6.92 Å². The standard InChI is InChI=1S/C18H26O2/c1-18-9-8-14-13-5-3-12(19)10-11(13)2-4-15(14)16(18)6-7-17(18)20/h11,13-16H,2-10H2,1H3/t11-,13-,14+,15+,16-,18-/m0/s1/i3D2,7D2,10D2. The molecule has 4 aliphatic rings. The summed E-state index contributed by atoms with van der Waals surface area (Å²) in [5, 5.41) is 0. The molecule has 0 N–H and O–H groups in total. The SMILES string of the molecule is [2H]C1([2H])C[C@@H]2[C@H]3CC[C@]4(C)C(=O)C([2H])([2H])C[C@H]4[C@@H]3CC[C@H]2C([2H])([2H])C1=O. The molecule has 0 saturated heterocycles. The highest BCUT2D eigenvalue weighted by molar-refractivity contribution is 5.87. The largest absolute Gasteiger partial charge is 0.300 e. The highest BCUT2D eigenvalue weighted by atomic mass is 16.1. The van der Waals surface area contributed by atoms with E-state index in [-0.39, 0.29) is 42.3 Å². The van der Waals surface area contributed by atoms with Gasteiger partial charge < -0.3 is 0 Å². The van der Waals surface area contributed by atoms with E-state index < -0.39 is 36.2 Å². The van der Waals surface area contributed by atoms with E-state index in [9.17, 15) is 9.59 Å². The third-order valence-electron chi connectivity index (χ3n) is 6.58. The summed E-state index contributed by atoms with van der Waals surface area (Å²) in [6, 6.07) is 0. The first-order chi connectivity index (χ1) is 11.8. The second-order valence-electron chi connectivity index (χ2n) is 7.30. The van der Waals surface area contributed by atoms with Gasteiger partial charge in [0, 0.05) is 32.8 Å². The Kier molecular flexibility index (Phi) is 1.79. The van der Waals surface area contributed by atoms with Crippen molar-refractivity contribution in [3.05, 3.63) is 0 Å². The first-order valence-corrected chi connectivity index (χ1v) is 7.92. The molecule has 0 heterocycles. The molecule has 2 heteroatoms. The summed E-state index contributed by atoms with van der Waals surface area (Å²) in [5.41, 5.74) is -0.653. The maximum atomic E-state index is 12.6. The molecule has 0 aromatic heterocycles. The zero-order valence-corrected chi connectivity index (χ0v) is 11.9. The summed E-state index contributed by atoms with van der Waals surface area (Å²) in [6.07, 6.45) is -3.30. The number of ketones is 2. The van der Waals surface area contributed by atoms with Crippen LogP contribution in [-0.4, -0.2) is 11.6 Å². The minimum atomic E-state index is -2.15. The van der Waals surface area contributed by atoms with Crippen LogP contribution in [-0.2, 0) is 9.59 Å². The molecule has 20 heavy (non-hydrogen) atoms. The number of fused-ring (bicyclic) bond motifs is 5. The zero-order valence-electron chi connectivity index (χ0n) is 17.9. The van der Waals surface area contributed by atoms with Gasteiger partial charge in [0.05, 0.1) is 0 Å². The van der Waals surface area contributed by atoms with Crippen LogP contribution in [0.4, 0.5) is 0 Å². The van der Waals surface area contributed by atoms with E-state index >= 15 is 0 Å². The van der Waals surface area contributed by atoms with Gasteiger partial charge >= 0.3 is 0 Å². The monoisotopic (exact) mass is 280 g/mol. The maximum Gasteiger partial charge on any atom is 0.139 e. The number of carbonyl (C=O) groups is 2. The van der Waals surface area contributed by atoms with Crippen LogP contribution in [0.3, 0.4) is 0 Å². The minimum absolute atomic E-state index is 0.0564. The maximum absolute atomic E-state index is 12.6. The van der Waals surface area contributed by atoms with Gasteiger partial charge in [-0.15, -0.1) is 0 Å². The van der Waals surface area contributed by atoms with E-state index in [2.05, 4.69) is 0 Å². The molecule has 110 valence electrons. The molecule has 4 aliphatic carbocycles. The van der Waals surface area contributed by atoms with E-state index in [4.69, 9.17) is 8.22 Å². The zero-order chi connectivity index (χ0) is 19.3. The third kappa shape index (κ3) is 1.69. The molecule has 0 radical (unpaired) electrons. The first kappa shape index (κ1) is 8.10. The van der Waals surface area contributed by atoms with Crippen LogP contribution in [0.5, 0.6) is 0 Å². The fourth-order valence-electron chi connectivity index (χ4n) is 5.43. The second kappa shape index (κ2) is 4.42. The molecule has 4 fully saturated rings. The van der Waals surface area contributed by atoms with E-state index in [1.165, 1.54) is 0 Å². The van der Waals surface area contributed by atoms with Crippen molar-refractivity contribution < 1.29 is 17.8 Å². The van der Waals surface area contributed by atoms with Crippen molar-refractivity contribution in [3.63, 3.8) is 0 Å². The minimum Gasteiger partial charge on any atom is -0.300 e. The van der Waals surface area contributed by atoms with Gasteiger partial charge in [0.2, 0.25) is 0 Å². The first-order valence-electron chi connectivity index (χ1n) is 10.9. The van der Waals surface area contributed by atoms with Crippen LogP contribution in [0.15, 0.2) is 0 Å². The molecule has 4 saturated carbocycles. The number of Topliss-reactive ketones (excluding diaryl/α,β-unsaturated/α-hetero) is 2. The van der Waals surface area contributed by atoms with E-state index in [0.717, 1.165) is 0 Å². The highest BCUT2D eigenvalue weighted by Gasteiger charge is 2.56. The quantitative estimate of drug-likeness (QED) is 0.677. The van der Waals surface area contributed by atoms with Crippen molar-refractivity contribution >= 4 is 11.6 Å². The molecule has 2 nitrogen and oxygen atoms in total. The fraction of sp³-hybridized carbons (Fsp3) is 0.889. The molecule has 0 spiro atoms. The lowest BCUT2D eigenvalue weighted by atomic mass is 9.50. The Morgan fingerprint density at radius 2 is 1.85 bits per heavy atom. The average Bonchev–Trinajstić information content (AvgIpc) is 2.72. The molecule has 0 bridgehead atoms. The number of carbonyl (C=O) groups excluding carboxylic acids is 2. The van der Waals surface area contributed by atoms with Crippen molar-refractivity contribution in [2.24, 2.45) is 35.0 Å². The molecule has 0 aromatic rings. The number of hydrogen-bond acceptors (Lipinski definition) is 2. The molecular formula is C18H26O2. The van der Waals surface area contributed by atoms with Crippen molar-refractivity contribution in [2.45, 2.75) is 64.6 Å². The van der Waals surface area contributed by atoms with Crippen LogP contribution >= 0.6 is 0 Å². The van der Waals surface area contributed by atoms with Crippen molar-refractivity contribution in [3.8, 4) is 0 Å². The van der Waals surface area contributed by atoms with Crippen LogP contribution < -0.4 is 0 Å². The van der Waals surface area contributed by atoms with Gasteiger partial charge in [0.1, 0.15) is 11.6 Å². The second-order valence-corrected chi connectivity index (χ2v) is 7.30. The molecule has 0 aliphatic heterocycles. The van der Waals surface area contributed by atoms with Crippen molar-refractivity contribution in [2.75, 3.05) is 0 Å². The van der Waals surface area contributed by atoms with Crippen LogP contribution in [0.2, 0.25) is 0 Å². The Labute approximate surface area is 130 Å². The molecule has 6 atom stereocenters. The summed E-state index contributed by atoms with van der Waals surface area (Å²) in [6.45, 7) is 1.88. The Bertz CT molecular complexity index is 675. The van der Waals surface area contributed by atoms with Gasteiger partial charge in [-0.25, -0.2) is 0 Å². The average molecular weight is 280 g/mol. The lowest BCUT2D eigenvalue weighted by molar-refractivity contribution is -0.134. The van der Waals surface area contributed by atoms with E-state index in [1.807, 2.05) is 6.92 Å². The highest BCUT2D eigenvalue weighted by Crippen LogP contribution is 2.61. The van der Waals surface area contributed by atoms with Crippen LogP contribution in [0.25, 0.3) is 0 Å². The van der Waals surface area contributed by atoms with E-state index in [0.29, 0.717) is 25.7 Å². The third-order valence-corrected chi connectivity index (χ3v) is 6.58. The normalized spacial score (nSPS) is 63.4. The smallest absolute Gasteiger partial charge is 0.139 e. The fourth-order valence-corrected chi connectivity index (χ4v) is 5.43. The van der Waals surface area contributed by atoms with Gasteiger partial charge in [-0.05, 0) is 68.1 Å². The van der Waals surface area contributed by atoms with Gasteiger partial charge in [0.15, 0.2) is 0 Å². The summed E-state index contributed by atoms with van der Waals surface area (Å²) >= 11 is 0. The van der Waals surface area contributed by atoms with Gasteiger partial charge in [-0.2, -0.15) is 0 Å². The number of rotatable bonds is 0. The summed E-state index contributed by atoms with van der Waals surface area (Å²) in [7, 11) is 0. The number of hydrogen-bond donors (Lipinski definition) is 0. The topological polar surface area (TPSA) is 34.1 Å². The van der Waals surface area contributed by atoms with Crippen molar-refractivity contribution in [1.29, 1.82) is 0 Å². The van der Waals surface area contributed by atoms with Crippen LogP contribution in [0.1, 0.15) is 72.8 Å². The van der Waals surface area contributed by atoms with Crippen molar-refractivity contribution in [1.82, 2.24) is 0 Å². The summed E-state index contributed by atoms with van der Waals surface area (Å²) in [4.78, 5) is 25.0. The Morgan fingerprint density at radius 1 is 1.00 bits per heavy atom. The van der Waals surface area contributed by atoms with Gasteiger partial charge in [0.25, 0.3) is 0 Å². The molecule has 0 aromatic carbocycles. The summed E-state index contributed by atoms with van der Waals surface area (Å²) in [5.74, 6) is -1.74. The molecule has 0 unspecified atom stereocenters. The van der Waals surface area contributed by atoms with Crippen LogP contribution in [0, 0.1) is 35.0 Å². The Morgan fingerprint density at radius 3 is 2.70 bits per heavy atom. The molecular weight excluding hydrogens is 248 g/mol. The predicted molar refractivity (Wildman–Crippen MR) is 77.1 cm³/mol. The molecule has 4 rings (SSSR count). The lowest BCUT2D eigenvalue weighted by Gasteiger charge is -2.53.